The predicted octanol–water partition coefficient (Wildman–Crippen LogP) is 4.89. The molecule has 76 valence electrons. The molecular formula is C13H24. The lowest BCUT2D eigenvalue weighted by Crippen LogP contribution is -1.61. The van der Waals surface area contributed by atoms with E-state index in [0.717, 1.165) is 6.42 Å². The highest BCUT2D eigenvalue weighted by atomic mass is 13.8. The molecule has 0 aliphatic carbocycles. The van der Waals surface area contributed by atoms with Crippen LogP contribution in [0.25, 0.3) is 0 Å². The van der Waals surface area contributed by atoms with Gasteiger partial charge in [0.05, 0.1) is 0 Å². The standard InChI is InChI=1S/C7H12.C6H12/c1-3-5-7-6-4-2;1-3-5-6-4-2/h3,5-7H,4H2,1-2H3;3H,1,4-6H2,2H3. The van der Waals surface area contributed by atoms with E-state index in [1.807, 2.05) is 25.2 Å². The second-order valence-electron chi connectivity index (χ2n) is 2.79. The topological polar surface area (TPSA) is 0 Å². The molecule has 0 spiro atoms. The van der Waals surface area contributed by atoms with Crippen LogP contribution in [0.15, 0.2) is 37.0 Å². The second-order valence-corrected chi connectivity index (χ2v) is 2.79. The molecule has 0 aliphatic rings. The van der Waals surface area contributed by atoms with Gasteiger partial charge in [-0.25, -0.2) is 0 Å². The van der Waals surface area contributed by atoms with Crippen LogP contribution < -0.4 is 0 Å². The Hall–Kier alpha value is -0.780. The van der Waals surface area contributed by atoms with Crippen LogP contribution in [0.1, 0.15) is 46.5 Å². The Balaban J connectivity index is 0. The van der Waals surface area contributed by atoms with Crippen molar-refractivity contribution in [3.63, 3.8) is 0 Å². The molecule has 0 saturated heterocycles. The Labute approximate surface area is 84.1 Å². The normalized spacial score (nSPS) is 10.1. The van der Waals surface area contributed by atoms with Crippen LogP contribution in [0.3, 0.4) is 0 Å². The minimum absolute atomic E-state index is 1.13. The zero-order chi connectivity index (χ0) is 10.4. The summed E-state index contributed by atoms with van der Waals surface area (Å²) in [7, 11) is 0. The van der Waals surface area contributed by atoms with Gasteiger partial charge in [0.25, 0.3) is 0 Å². The van der Waals surface area contributed by atoms with Crippen molar-refractivity contribution in [1.82, 2.24) is 0 Å². The molecule has 0 heteroatoms. The predicted molar refractivity (Wildman–Crippen MR) is 64.0 cm³/mol. The van der Waals surface area contributed by atoms with Gasteiger partial charge in [-0.1, -0.05) is 57.1 Å². The highest BCUT2D eigenvalue weighted by Gasteiger charge is 1.71. The number of unbranched alkanes of at least 4 members (excludes halogenated alkanes) is 2. The maximum absolute atomic E-state index is 3.60. The van der Waals surface area contributed by atoms with E-state index in [9.17, 15) is 0 Å². The first-order chi connectivity index (χ1) is 6.33. The number of hydrogen-bond donors (Lipinski definition) is 0. The molecule has 0 unspecified atom stereocenters. The summed E-state index contributed by atoms with van der Waals surface area (Å²) in [5.74, 6) is 0. The Morgan fingerprint density at radius 3 is 2.15 bits per heavy atom. The van der Waals surface area contributed by atoms with Crippen molar-refractivity contribution < 1.29 is 0 Å². The van der Waals surface area contributed by atoms with E-state index >= 15 is 0 Å². The Bertz CT molecular complexity index is 129. The fourth-order valence-corrected chi connectivity index (χ4v) is 0.674. The molecular weight excluding hydrogens is 156 g/mol. The first kappa shape index (κ1) is 14.7. The van der Waals surface area contributed by atoms with E-state index in [1.54, 1.807) is 0 Å². The fraction of sp³-hybridized carbons (Fsp3) is 0.538. The van der Waals surface area contributed by atoms with E-state index in [4.69, 9.17) is 0 Å². The van der Waals surface area contributed by atoms with E-state index in [2.05, 4.69) is 32.6 Å². The van der Waals surface area contributed by atoms with Crippen molar-refractivity contribution in [1.29, 1.82) is 0 Å². The van der Waals surface area contributed by atoms with Gasteiger partial charge >= 0.3 is 0 Å². The molecule has 0 aromatic heterocycles. The lowest BCUT2D eigenvalue weighted by molar-refractivity contribution is 0.816. The average Bonchev–Trinajstić information content (AvgIpc) is 2.17. The van der Waals surface area contributed by atoms with Gasteiger partial charge in [0.15, 0.2) is 0 Å². The molecule has 0 N–H and O–H groups in total. The van der Waals surface area contributed by atoms with E-state index < -0.39 is 0 Å². The maximum atomic E-state index is 3.60. The summed E-state index contributed by atoms with van der Waals surface area (Å²) in [5, 5.41) is 0. The number of hydrogen-bond acceptors (Lipinski definition) is 0. The summed E-state index contributed by atoms with van der Waals surface area (Å²) in [6.45, 7) is 9.92. The van der Waals surface area contributed by atoms with Gasteiger partial charge < -0.3 is 0 Å². The van der Waals surface area contributed by atoms with E-state index in [0.29, 0.717) is 0 Å². The lowest BCUT2D eigenvalue weighted by Gasteiger charge is -1.81. The molecule has 0 aromatic carbocycles. The summed E-state index contributed by atoms with van der Waals surface area (Å²) in [4.78, 5) is 0. The molecule has 0 heterocycles. The number of rotatable bonds is 5. The third-order valence-electron chi connectivity index (χ3n) is 1.44. The smallest absolute Gasteiger partial charge is 0.0354 e. The SMILES string of the molecule is C=CCCCC.CC=CC=CCC. The molecule has 0 saturated carbocycles. The summed E-state index contributed by atoms with van der Waals surface area (Å²) >= 11 is 0. The van der Waals surface area contributed by atoms with Crippen LogP contribution in [0.4, 0.5) is 0 Å². The second kappa shape index (κ2) is 17.3. The average molecular weight is 180 g/mol. The first-order valence-corrected chi connectivity index (χ1v) is 5.22. The van der Waals surface area contributed by atoms with Gasteiger partial charge in [0.1, 0.15) is 0 Å². The van der Waals surface area contributed by atoms with Crippen molar-refractivity contribution >= 4 is 0 Å². The van der Waals surface area contributed by atoms with Crippen LogP contribution in [0.5, 0.6) is 0 Å². The van der Waals surface area contributed by atoms with Crippen molar-refractivity contribution in [3.05, 3.63) is 37.0 Å². The highest BCUT2D eigenvalue weighted by molar-refractivity contribution is 5.00. The molecule has 0 bridgehead atoms. The quantitative estimate of drug-likeness (QED) is 0.321. The van der Waals surface area contributed by atoms with E-state index in [-0.39, 0.29) is 0 Å². The van der Waals surface area contributed by atoms with Crippen molar-refractivity contribution in [2.75, 3.05) is 0 Å². The zero-order valence-electron chi connectivity index (χ0n) is 9.42. The van der Waals surface area contributed by atoms with Crippen LogP contribution in [-0.4, -0.2) is 0 Å². The summed E-state index contributed by atoms with van der Waals surface area (Å²) in [6.07, 6.45) is 15.1. The summed E-state index contributed by atoms with van der Waals surface area (Å²) < 4.78 is 0. The van der Waals surface area contributed by atoms with Gasteiger partial charge in [0, 0.05) is 0 Å². The molecule has 0 amide bonds. The molecule has 13 heavy (non-hydrogen) atoms. The Kier molecular flexibility index (Phi) is 19.7. The fourth-order valence-electron chi connectivity index (χ4n) is 0.674. The Morgan fingerprint density at radius 2 is 1.85 bits per heavy atom. The van der Waals surface area contributed by atoms with Gasteiger partial charge in [-0.15, -0.1) is 6.58 Å². The summed E-state index contributed by atoms with van der Waals surface area (Å²) in [6, 6.07) is 0. The first-order valence-electron chi connectivity index (χ1n) is 5.22. The van der Waals surface area contributed by atoms with Crippen molar-refractivity contribution in [2.24, 2.45) is 0 Å². The zero-order valence-corrected chi connectivity index (χ0v) is 9.42. The third kappa shape index (κ3) is 24.7. The molecule has 0 nitrogen and oxygen atoms in total. The van der Waals surface area contributed by atoms with Gasteiger partial charge in [0.2, 0.25) is 0 Å². The van der Waals surface area contributed by atoms with Crippen molar-refractivity contribution in [2.45, 2.75) is 46.5 Å². The molecule has 0 atom stereocenters. The molecule has 0 rings (SSSR count). The maximum Gasteiger partial charge on any atom is -0.0354 e. The molecule has 0 fully saturated rings. The lowest BCUT2D eigenvalue weighted by atomic mass is 10.3. The van der Waals surface area contributed by atoms with Gasteiger partial charge in [-0.05, 0) is 19.8 Å². The van der Waals surface area contributed by atoms with Crippen LogP contribution in [0, 0.1) is 0 Å². The monoisotopic (exact) mass is 180 g/mol. The van der Waals surface area contributed by atoms with Gasteiger partial charge in [-0.3, -0.25) is 0 Å². The van der Waals surface area contributed by atoms with Crippen LogP contribution in [-0.2, 0) is 0 Å². The highest BCUT2D eigenvalue weighted by Crippen LogP contribution is 1.91. The third-order valence-corrected chi connectivity index (χ3v) is 1.44. The largest absolute Gasteiger partial charge is 0.103 e. The molecule has 0 radical (unpaired) electrons. The number of allylic oxidation sites excluding steroid dienone is 5. The molecule has 0 aliphatic heterocycles. The Morgan fingerprint density at radius 1 is 1.15 bits per heavy atom. The van der Waals surface area contributed by atoms with Crippen LogP contribution in [0.2, 0.25) is 0 Å². The van der Waals surface area contributed by atoms with E-state index in [1.165, 1.54) is 19.3 Å². The minimum atomic E-state index is 1.13. The van der Waals surface area contributed by atoms with Crippen LogP contribution >= 0.6 is 0 Å². The van der Waals surface area contributed by atoms with Crippen molar-refractivity contribution in [3.8, 4) is 0 Å². The minimum Gasteiger partial charge on any atom is -0.103 e. The van der Waals surface area contributed by atoms with Gasteiger partial charge in [-0.2, -0.15) is 0 Å². The summed E-state index contributed by atoms with van der Waals surface area (Å²) in [5.41, 5.74) is 0. The molecule has 0 aromatic rings.